The summed E-state index contributed by atoms with van der Waals surface area (Å²) in [6.07, 6.45) is 1.21. The van der Waals surface area contributed by atoms with Crippen LogP contribution in [0.4, 0.5) is 0 Å². The lowest BCUT2D eigenvalue weighted by molar-refractivity contribution is -0.140. The lowest BCUT2D eigenvalue weighted by Crippen LogP contribution is -2.40. The van der Waals surface area contributed by atoms with Crippen molar-refractivity contribution in [2.45, 2.75) is 18.1 Å². The number of hydrogen-bond donors (Lipinski definition) is 1. The molecule has 0 aliphatic carbocycles. The molecule has 0 saturated heterocycles. The molecule has 1 rings (SSSR count). The van der Waals surface area contributed by atoms with E-state index < -0.39 is 22.0 Å². The van der Waals surface area contributed by atoms with Crippen molar-refractivity contribution in [3.63, 3.8) is 0 Å². The molecule has 0 aliphatic heterocycles. The average molecular weight is 233 g/mol. The quantitative estimate of drug-likeness (QED) is 0.811. The van der Waals surface area contributed by atoms with Gasteiger partial charge in [-0.25, -0.2) is 8.42 Å². The number of carboxylic acids is 1. The number of carbonyl (C=O) groups is 1. The van der Waals surface area contributed by atoms with Crippen LogP contribution in [0.1, 0.15) is 6.92 Å². The Morgan fingerprint density at radius 1 is 1.60 bits per heavy atom. The Balaban J connectivity index is 3.03. The Bertz CT molecular complexity index is 436. The highest BCUT2D eigenvalue weighted by Crippen LogP contribution is 2.16. The van der Waals surface area contributed by atoms with Gasteiger partial charge in [0.05, 0.1) is 6.26 Å². The summed E-state index contributed by atoms with van der Waals surface area (Å²) in [6, 6.07) is 1.55. The minimum atomic E-state index is -3.85. The van der Waals surface area contributed by atoms with Crippen LogP contribution < -0.4 is 0 Å². The van der Waals surface area contributed by atoms with Gasteiger partial charge in [0.2, 0.25) is 5.09 Å². The molecule has 0 fully saturated rings. The molecule has 6 nitrogen and oxygen atoms in total. The summed E-state index contributed by atoms with van der Waals surface area (Å²) in [5, 5.41) is 8.41. The van der Waals surface area contributed by atoms with Gasteiger partial charge >= 0.3 is 5.97 Å². The van der Waals surface area contributed by atoms with E-state index in [-0.39, 0.29) is 5.09 Å². The van der Waals surface area contributed by atoms with Crippen molar-refractivity contribution in [3.8, 4) is 0 Å². The number of nitrogens with zero attached hydrogens (tertiary/aromatic N) is 1. The minimum Gasteiger partial charge on any atom is -0.480 e. The first-order chi connectivity index (χ1) is 6.87. The summed E-state index contributed by atoms with van der Waals surface area (Å²) >= 11 is 0. The van der Waals surface area contributed by atoms with Crippen molar-refractivity contribution < 1.29 is 22.7 Å². The molecule has 0 amide bonds. The number of sulfonamides is 1. The number of aliphatic carboxylic acids is 1. The molecule has 0 bridgehead atoms. The molecule has 1 unspecified atom stereocenters. The maximum atomic E-state index is 11.7. The molecule has 1 aromatic rings. The first-order valence-electron chi connectivity index (χ1n) is 4.11. The molecular weight excluding hydrogens is 222 g/mol. The molecule has 1 aromatic heterocycles. The zero-order chi connectivity index (χ0) is 11.6. The largest absolute Gasteiger partial charge is 0.480 e. The first-order valence-corrected chi connectivity index (χ1v) is 5.55. The van der Waals surface area contributed by atoms with Crippen LogP contribution in [-0.2, 0) is 14.8 Å². The highest BCUT2D eigenvalue weighted by Gasteiger charge is 2.31. The Morgan fingerprint density at radius 3 is 2.60 bits per heavy atom. The topological polar surface area (TPSA) is 87.8 Å². The molecule has 1 heterocycles. The van der Waals surface area contributed by atoms with Crippen LogP contribution in [0.2, 0.25) is 0 Å². The second kappa shape index (κ2) is 4.03. The summed E-state index contributed by atoms with van der Waals surface area (Å²) < 4.78 is 28.9. The maximum Gasteiger partial charge on any atom is 0.321 e. The van der Waals surface area contributed by atoms with Gasteiger partial charge in [0, 0.05) is 7.05 Å². The Morgan fingerprint density at radius 2 is 2.20 bits per heavy atom. The molecule has 0 spiro atoms. The fraction of sp³-hybridized carbons (Fsp3) is 0.375. The Hall–Kier alpha value is -1.34. The Labute approximate surface area is 87.2 Å². The van der Waals surface area contributed by atoms with E-state index in [0.29, 0.717) is 0 Å². The third-order valence-corrected chi connectivity index (χ3v) is 3.85. The minimum absolute atomic E-state index is 0.266. The highest BCUT2D eigenvalue weighted by molar-refractivity contribution is 7.89. The van der Waals surface area contributed by atoms with Crippen molar-refractivity contribution in [2.24, 2.45) is 0 Å². The van der Waals surface area contributed by atoms with E-state index in [1.807, 2.05) is 0 Å². The van der Waals surface area contributed by atoms with Crippen LogP contribution in [0.5, 0.6) is 0 Å². The molecule has 15 heavy (non-hydrogen) atoms. The van der Waals surface area contributed by atoms with Gasteiger partial charge in [0.1, 0.15) is 6.04 Å². The van der Waals surface area contributed by atoms with Crippen LogP contribution in [0.25, 0.3) is 0 Å². The van der Waals surface area contributed by atoms with Crippen LogP contribution in [0, 0.1) is 0 Å². The second-order valence-corrected chi connectivity index (χ2v) is 4.90. The Kier molecular flexibility index (Phi) is 3.15. The van der Waals surface area contributed by atoms with Gasteiger partial charge in [-0.3, -0.25) is 4.79 Å². The summed E-state index contributed by atoms with van der Waals surface area (Å²) in [6.45, 7) is 1.28. The van der Waals surface area contributed by atoms with E-state index in [2.05, 4.69) is 0 Å². The van der Waals surface area contributed by atoms with E-state index in [1.165, 1.54) is 32.4 Å². The van der Waals surface area contributed by atoms with Crippen LogP contribution in [0.15, 0.2) is 27.9 Å². The third-order valence-electron chi connectivity index (χ3n) is 2.03. The molecular formula is C8H11NO5S. The van der Waals surface area contributed by atoms with Crippen molar-refractivity contribution >= 4 is 16.0 Å². The van der Waals surface area contributed by atoms with Crippen molar-refractivity contribution in [2.75, 3.05) is 7.05 Å². The summed E-state index contributed by atoms with van der Waals surface area (Å²) in [5.41, 5.74) is 0. The fourth-order valence-electron chi connectivity index (χ4n) is 0.916. The zero-order valence-corrected chi connectivity index (χ0v) is 9.06. The number of hydrogen-bond acceptors (Lipinski definition) is 4. The van der Waals surface area contributed by atoms with E-state index in [0.717, 1.165) is 4.31 Å². The number of furan rings is 1. The third kappa shape index (κ3) is 2.18. The molecule has 0 aromatic carbocycles. The molecule has 0 saturated carbocycles. The fourth-order valence-corrected chi connectivity index (χ4v) is 2.13. The SMILES string of the molecule is CC(C(=O)O)N(C)S(=O)(=O)c1ccco1. The van der Waals surface area contributed by atoms with Crippen molar-refractivity contribution in [3.05, 3.63) is 18.4 Å². The average Bonchev–Trinajstić information content (AvgIpc) is 2.68. The van der Waals surface area contributed by atoms with E-state index in [1.54, 1.807) is 0 Å². The van der Waals surface area contributed by atoms with E-state index in [4.69, 9.17) is 9.52 Å². The van der Waals surface area contributed by atoms with Crippen molar-refractivity contribution in [1.29, 1.82) is 0 Å². The zero-order valence-electron chi connectivity index (χ0n) is 8.25. The standard InChI is InChI=1S/C8H11NO5S/c1-6(8(10)11)9(2)15(12,13)7-4-3-5-14-7/h3-6H,1-2H3,(H,10,11). The summed E-state index contributed by atoms with van der Waals surface area (Å²) in [5.74, 6) is -1.22. The molecule has 0 aliphatic rings. The summed E-state index contributed by atoms with van der Waals surface area (Å²) in [4.78, 5) is 10.6. The lowest BCUT2D eigenvalue weighted by atomic mass is 10.4. The normalized spacial score (nSPS) is 14.1. The number of carboxylic acid groups (broad SMARTS) is 1. The van der Waals surface area contributed by atoms with Gasteiger partial charge in [0.15, 0.2) is 0 Å². The summed E-state index contributed by atoms with van der Waals surface area (Å²) in [7, 11) is -2.66. The predicted molar refractivity (Wildman–Crippen MR) is 50.8 cm³/mol. The molecule has 1 atom stereocenters. The molecule has 84 valence electrons. The smallest absolute Gasteiger partial charge is 0.321 e. The van der Waals surface area contributed by atoms with Gasteiger partial charge in [0.25, 0.3) is 10.0 Å². The number of rotatable bonds is 4. The van der Waals surface area contributed by atoms with Gasteiger partial charge in [-0.2, -0.15) is 4.31 Å². The number of likely N-dealkylation sites (N-methyl/N-ethyl adjacent to an activating group) is 1. The van der Waals surface area contributed by atoms with Crippen LogP contribution in [-0.4, -0.2) is 36.9 Å². The lowest BCUT2D eigenvalue weighted by Gasteiger charge is -2.19. The maximum absolute atomic E-state index is 11.7. The van der Waals surface area contributed by atoms with Gasteiger partial charge in [-0.05, 0) is 19.1 Å². The van der Waals surface area contributed by atoms with Gasteiger partial charge in [-0.1, -0.05) is 0 Å². The monoisotopic (exact) mass is 233 g/mol. The van der Waals surface area contributed by atoms with Crippen molar-refractivity contribution in [1.82, 2.24) is 4.31 Å². The van der Waals surface area contributed by atoms with Crippen LogP contribution >= 0.6 is 0 Å². The van der Waals surface area contributed by atoms with E-state index >= 15 is 0 Å². The molecule has 0 radical (unpaired) electrons. The van der Waals surface area contributed by atoms with Crippen LogP contribution in [0.3, 0.4) is 0 Å². The second-order valence-electron chi connectivity index (χ2n) is 2.97. The highest BCUT2D eigenvalue weighted by atomic mass is 32.2. The molecule has 7 heteroatoms. The predicted octanol–water partition coefficient (Wildman–Crippen LogP) is 0.373. The van der Waals surface area contributed by atoms with Gasteiger partial charge < -0.3 is 9.52 Å². The van der Waals surface area contributed by atoms with E-state index in [9.17, 15) is 13.2 Å². The molecule has 1 N–H and O–H groups in total. The van der Waals surface area contributed by atoms with Gasteiger partial charge in [-0.15, -0.1) is 0 Å². The first kappa shape index (κ1) is 11.7.